The zero-order chi connectivity index (χ0) is 26.4. The van der Waals surface area contributed by atoms with Crippen molar-refractivity contribution in [3.8, 4) is 11.1 Å². The van der Waals surface area contributed by atoms with E-state index in [4.69, 9.17) is 10.7 Å². The van der Waals surface area contributed by atoms with Crippen LogP contribution in [0.4, 0.5) is 30.5 Å². The number of alkyl halides is 3. The van der Waals surface area contributed by atoms with Gasteiger partial charge in [0, 0.05) is 65.3 Å². The summed E-state index contributed by atoms with van der Waals surface area (Å²) in [5.74, 6) is 1.18. The van der Waals surface area contributed by atoms with Gasteiger partial charge < -0.3 is 16.0 Å². The average molecular weight is 514 g/mol. The molecule has 0 unspecified atom stereocenters. The van der Waals surface area contributed by atoms with Crippen LogP contribution in [0.5, 0.6) is 0 Å². The Morgan fingerprint density at radius 2 is 1.95 bits per heavy atom. The molecule has 5 rings (SSSR count). The van der Waals surface area contributed by atoms with Gasteiger partial charge in [0.05, 0.1) is 12.4 Å². The molecule has 5 heterocycles. The maximum Gasteiger partial charge on any atom is 0.408 e. The molecule has 1 saturated heterocycles. The van der Waals surface area contributed by atoms with Crippen LogP contribution in [0.3, 0.4) is 0 Å². The summed E-state index contributed by atoms with van der Waals surface area (Å²) >= 11 is 0. The lowest BCUT2D eigenvalue weighted by atomic mass is 9.91. The Morgan fingerprint density at radius 3 is 2.68 bits per heavy atom. The van der Waals surface area contributed by atoms with Crippen molar-refractivity contribution in [3.63, 3.8) is 0 Å². The molecule has 0 spiro atoms. The van der Waals surface area contributed by atoms with Crippen LogP contribution in [-0.4, -0.2) is 54.3 Å². The second kappa shape index (κ2) is 9.33. The molecule has 0 aliphatic carbocycles. The number of hydrogen-bond acceptors (Lipinski definition) is 7. The third kappa shape index (κ3) is 5.53. The smallest absolute Gasteiger partial charge is 0.369 e. The highest BCUT2D eigenvalue weighted by Crippen LogP contribution is 2.36. The summed E-state index contributed by atoms with van der Waals surface area (Å²) in [6.45, 7) is 6.33. The number of hydrogen-bond donors (Lipinski definition) is 2. The molecule has 0 bridgehead atoms. The van der Waals surface area contributed by atoms with E-state index in [2.05, 4.69) is 25.4 Å². The van der Waals surface area contributed by atoms with E-state index in [9.17, 15) is 13.2 Å². The van der Waals surface area contributed by atoms with Crippen molar-refractivity contribution in [1.29, 1.82) is 0 Å². The van der Waals surface area contributed by atoms with Crippen LogP contribution in [0.25, 0.3) is 22.2 Å². The van der Waals surface area contributed by atoms with Crippen LogP contribution in [-0.2, 0) is 6.54 Å². The molecule has 0 saturated carbocycles. The number of anilines is 3. The van der Waals surface area contributed by atoms with Crippen molar-refractivity contribution in [3.05, 3.63) is 43.0 Å². The number of halogens is 3. The normalized spacial score (nSPS) is 18.6. The van der Waals surface area contributed by atoms with Gasteiger partial charge in [0.2, 0.25) is 0 Å². The molecule has 1 aliphatic heterocycles. The summed E-state index contributed by atoms with van der Waals surface area (Å²) < 4.78 is 41.5. The molecule has 12 heteroatoms. The maximum atomic E-state index is 12.9. The maximum absolute atomic E-state index is 12.9. The summed E-state index contributed by atoms with van der Waals surface area (Å²) in [5.41, 5.74) is 8.94. The van der Waals surface area contributed by atoms with Crippen LogP contribution in [0.2, 0.25) is 0 Å². The number of nitrogens with two attached hydrogens (primary N) is 1. The van der Waals surface area contributed by atoms with Crippen LogP contribution in [0, 0.1) is 0 Å². The van der Waals surface area contributed by atoms with Gasteiger partial charge in [-0.2, -0.15) is 23.4 Å². The lowest BCUT2D eigenvalue weighted by molar-refractivity contribution is -0.142. The molecular formula is C25H30F3N9. The fourth-order valence-corrected chi connectivity index (χ4v) is 4.74. The largest absolute Gasteiger partial charge is 0.408 e. The Kier molecular flexibility index (Phi) is 6.30. The van der Waals surface area contributed by atoms with Gasteiger partial charge in [0.15, 0.2) is 5.65 Å². The van der Waals surface area contributed by atoms with E-state index in [1.54, 1.807) is 12.4 Å². The molecular weight excluding hydrogens is 483 g/mol. The van der Waals surface area contributed by atoms with Crippen LogP contribution in [0.15, 0.2) is 43.0 Å². The van der Waals surface area contributed by atoms with E-state index in [0.717, 1.165) is 40.8 Å². The summed E-state index contributed by atoms with van der Waals surface area (Å²) in [6.07, 6.45) is 3.73. The molecule has 1 aliphatic rings. The second-order valence-corrected chi connectivity index (χ2v) is 10.2. The highest BCUT2D eigenvalue weighted by molar-refractivity contribution is 5.81. The fraction of sp³-hybridized carbons (Fsp3) is 0.440. The van der Waals surface area contributed by atoms with Gasteiger partial charge in [0.1, 0.15) is 18.2 Å². The monoisotopic (exact) mass is 513 g/mol. The quantitative estimate of drug-likeness (QED) is 0.378. The van der Waals surface area contributed by atoms with E-state index in [1.165, 1.54) is 12.4 Å². The van der Waals surface area contributed by atoms with Gasteiger partial charge >= 0.3 is 6.18 Å². The zero-order valence-corrected chi connectivity index (χ0v) is 21.0. The number of pyridine rings is 2. The first-order valence-electron chi connectivity index (χ1n) is 12.2. The molecule has 1 atom stereocenters. The topological polar surface area (TPSA) is 103 Å². The summed E-state index contributed by atoms with van der Waals surface area (Å²) in [7, 11) is 0. The van der Waals surface area contributed by atoms with Crippen LogP contribution in [0.1, 0.15) is 39.7 Å². The molecule has 196 valence electrons. The lowest BCUT2D eigenvalue weighted by Crippen LogP contribution is -2.52. The summed E-state index contributed by atoms with van der Waals surface area (Å²) in [4.78, 5) is 11.5. The molecule has 0 radical (unpaired) electrons. The third-order valence-electron chi connectivity index (χ3n) is 6.43. The van der Waals surface area contributed by atoms with Gasteiger partial charge in [0.25, 0.3) is 0 Å². The van der Waals surface area contributed by atoms with Gasteiger partial charge in [-0.3, -0.25) is 4.68 Å². The molecule has 3 N–H and O–H groups in total. The van der Waals surface area contributed by atoms with E-state index in [1.807, 2.05) is 43.7 Å². The predicted octanol–water partition coefficient (Wildman–Crippen LogP) is 4.89. The van der Waals surface area contributed by atoms with Crippen molar-refractivity contribution in [2.24, 2.45) is 5.73 Å². The van der Waals surface area contributed by atoms with Crippen molar-refractivity contribution in [2.45, 2.75) is 57.9 Å². The molecule has 4 aromatic heterocycles. The zero-order valence-electron chi connectivity index (χ0n) is 21.0. The minimum Gasteiger partial charge on any atom is -0.369 e. The Labute approximate surface area is 212 Å². The Bertz CT molecular complexity index is 1400. The van der Waals surface area contributed by atoms with Crippen molar-refractivity contribution in [2.75, 3.05) is 23.3 Å². The first kappa shape index (κ1) is 25.0. The van der Waals surface area contributed by atoms with Crippen LogP contribution >= 0.6 is 0 Å². The van der Waals surface area contributed by atoms with Crippen molar-refractivity contribution in [1.82, 2.24) is 29.5 Å². The fourth-order valence-electron chi connectivity index (χ4n) is 4.74. The van der Waals surface area contributed by atoms with E-state index >= 15 is 0 Å². The number of aromatic nitrogens is 6. The van der Waals surface area contributed by atoms with Gasteiger partial charge in [-0.15, -0.1) is 0 Å². The number of piperidine rings is 1. The number of rotatable bonds is 6. The molecule has 0 aromatic carbocycles. The predicted molar refractivity (Wildman–Crippen MR) is 137 cm³/mol. The summed E-state index contributed by atoms with van der Waals surface area (Å²) in [6, 6.07) is 5.87. The highest BCUT2D eigenvalue weighted by atomic mass is 19.4. The third-order valence-corrected chi connectivity index (χ3v) is 6.43. The Balaban J connectivity index is 1.51. The van der Waals surface area contributed by atoms with E-state index in [0.29, 0.717) is 29.3 Å². The average Bonchev–Trinajstić information content (AvgIpc) is 3.44. The first-order valence-corrected chi connectivity index (χ1v) is 12.2. The van der Waals surface area contributed by atoms with Crippen molar-refractivity contribution >= 4 is 28.4 Å². The minimum absolute atomic E-state index is 0.159. The second-order valence-electron chi connectivity index (χ2n) is 10.2. The molecule has 4 aromatic rings. The molecule has 0 amide bonds. The van der Waals surface area contributed by atoms with E-state index in [-0.39, 0.29) is 11.6 Å². The minimum atomic E-state index is -4.36. The van der Waals surface area contributed by atoms with Crippen molar-refractivity contribution < 1.29 is 13.2 Å². The van der Waals surface area contributed by atoms with Crippen LogP contribution < -0.4 is 16.0 Å². The number of fused-ring (bicyclic) bond motifs is 1. The Morgan fingerprint density at radius 1 is 1.14 bits per heavy atom. The first-order chi connectivity index (χ1) is 17.5. The SMILES string of the molecule is CC(C)n1ncc2ccc(Nc3cc(N4CCC[C@](C)(N)C4)c(-c4cnn(CC(F)(F)F)c4)cn3)nc21. The van der Waals surface area contributed by atoms with E-state index < -0.39 is 12.7 Å². The number of nitrogens with zero attached hydrogens (tertiary/aromatic N) is 7. The van der Waals surface area contributed by atoms with Gasteiger partial charge in [-0.1, -0.05) is 0 Å². The summed E-state index contributed by atoms with van der Waals surface area (Å²) in [5, 5.41) is 12.6. The standard InChI is InChI=1S/C25H30F3N9/c1-16(2)37-23-17(10-32-37)5-6-21(34-23)33-22-9-20(35-8-4-7-24(3,29)14-35)19(12-30-22)18-11-31-36(13-18)15-25(26,27)28/h5-6,9-13,16H,4,7-8,14-15,29H2,1-3H3,(H,30,33,34)/t24-/m0/s1. The molecule has 9 nitrogen and oxygen atoms in total. The highest BCUT2D eigenvalue weighted by Gasteiger charge is 2.30. The Hall–Kier alpha value is -3.67. The number of nitrogens with one attached hydrogen (secondary N) is 1. The van der Waals surface area contributed by atoms with Gasteiger partial charge in [-0.25, -0.2) is 14.6 Å². The molecule has 1 fully saturated rings. The lowest BCUT2D eigenvalue weighted by Gasteiger charge is -2.40. The van der Waals surface area contributed by atoms with Gasteiger partial charge in [-0.05, 0) is 45.7 Å². The molecule has 37 heavy (non-hydrogen) atoms.